The summed E-state index contributed by atoms with van der Waals surface area (Å²) in [5.74, 6) is 1.61. The van der Waals surface area contributed by atoms with Crippen molar-refractivity contribution in [1.82, 2.24) is 24.4 Å². The Labute approximate surface area is 169 Å². The molecule has 146 valence electrons. The minimum atomic E-state index is 0.240. The molecule has 4 rings (SSSR count). The van der Waals surface area contributed by atoms with E-state index >= 15 is 0 Å². The van der Waals surface area contributed by atoms with Crippen LogP contribution in [0.3, 0.4) is 0 Å². The van der Waals surface area contributed by atoms with Gasteiger partial charge < -0.3 is 9.47 Å². The molecular weight excluding hydrogens is 370 g/mol. The second kappa shape index (κ2) is 8.65. The lowest BCUT2D eigenvalue weighted by molar-refractivity contribution is -0.132. The van der Waals surface area contributed by atoms with Crippen LogP contribution in [0.15, 0.2) is 42.4 Å². The second-order valence-corrected chi connectivity index (χ2v) is 8.25. The summed E-state index contributed by atoms with van der Waals surface area (Å²) in [6.45, 7) is 4.40. The smallest absolute Gasteiger partial charge is 0.222 e. The first kappa shape index (κ1) is 18.8. The van der Waals surface area contributed by atoms with Gasteiger partial charge in [0, 0.05) is 61.6 Å². The van der Waals surface area contributed by atoms with Crippen molar-refractivity contribution in [2.45, 2.75) is 45.1 Å². The van der Waals surface area contributed by atoms with Crippen molar-refractivity contribution >= 4 is 17.2 Å². The topological polar surface area (TPSA) is 63.9 Å². The van der Waals surface area contributed by atoms with Crippen molar-refractivity contribution in [3.63, 3.8) is 0 Å². The highest BCUT2D eigenvalue weighted by molar-refractivity contribution is 7.09. The van der Waals surface area contributed by atoms with E-state index in [-0.39, 0.29) is 5.91 Å². The van der Waals surface area contributed by atoms with Gasteiger partial charge in [-0.2, -0.15) is 0 Å². The van der Waals surface area contributed by atoms with E-state index in [2.05, 4.69) is 19.5 Å². The largest absolute Gasteiger partial charge is 0.342 e. The lowest BCUT2D eigenvalue weighted by Gasteiger charge is -2.33. The van der Waals surface area contributed by atoms with E-state index in [0.717, 1.165) is 50.4 Å². The van der Waals surface area contributed by atoms with Crippen LogP contribution in [0.4, 0.5) is 0 Å². The zero-order chi connectivity index (χ0) is 19.3. The van der Waals surface area contributed by atoms with E-state index in [1.165, 1.54) is 10.4 Å². The van der Waals surface area contributed by atoms with Gasteiger partial charge in [-0.1, -0.05) is 0 Å². The van der Waals surface area contributed by atoms with Crippen LogP contribution in [0.2, 0.25) is 0 Å². The quantitative estimate of drug-likeness (QED) is 0.641. The lowest BCUT2D eigenvalue weighted by Crippen LogP contribution is -2.39. The highest BCUT2D eigenvalue weighted by Gasteiger charge is 2.27. The molecule has 4 heterocycles. The Hall–Kier alpha value is -2.54. The standard InChI is InChI=1S/C21H25N5OS/c1-16-19(28-15-24-16)4-5-20(27)25-11-2-3-18(14-25)21-23-10-12-26(21)13-17-6-8-22-9-7-17/h6-10,12,15,18H,2-5,11,13-14H2,1H3/t18-/m0/s1. The van der Waals surface area contributed by atoms with Gasteiger partial charge in [0.05, 0.1) is 11.2 Å². The molecule has 1 aliphatic rings. The number of hydrogen-bond donors (Lipinski definition) is 0. The van der Waals surface area contributed by atoms with Gasteiger partial charge in [-0.15, -0.1) is 11.3 Å². The van der Waals surface area contributed by atoms with Gasteiger partial charge in [-0.05, 0) is 43.9 Å². The summed E-state index contributed by atoms with van der Waals surface area (Å²) >= 11 is 1.64. The molecule has 0 aromatic carbocycles. The number of aromatic nitrogens is 4. The number of carbonyl (C=O) groups is 1. The van der Waals surface area contributed by atoms with Crippen LogP contribution in [0.5, 0.6) is 0 Å². The third-order valence-electron chi connectivity index (χ3n) is 5.40. The molecule has 0 spiro atoms. The molecule has 0 bridgehead atoms. The Balaban J connectivity index is 1.39. The molecule has 0 radical (unpaired) electrons. The van der Waals surface area contributed by atoms with Crippen LogP contribution in [-0.2, 0) is 17.8 Å². The fourth-order valence-electron chi connectivity index (χ4n) is 3.86. The third kappa shape index (κ3) is 4.30. The SMILES string of the molecule is Cc1ncsc1CCC(=O)N1CCC[C@H](c2nccn2Cc2ccncc2)C1. The van der Waals surface area contributed by atoms with Gasteiger partial charge in [0.2, 0.25) is 5.91 Å². The number of piperidine rings is 1. The highest BCUT2D eigenvalue weighted by atomic mass is 32.1. The molecule has 3 aromatic heterocycles. The molecule has 1 aliphatic heterocycles. The van der Waals surface area contributed by atoms with E-state index in [4.69, 9.17) is 0 Å². The maximum atomic E-state index is 12.8. The minimum Gasteiger partial charge on any atom is -0.342 e. The van der Waals surface area contributed by atoms with E-state index in [0.29, 0.717) is 12.3 Å². The molecule has 0 unspecified atom stereocenters. The van der Waals surface area contributed by atoms with Crippen molar-refractivity contribution in [3.8, 4) is 0 Å². The number of amides is 1. The number of thiazole rings is 1. The van der Waals surface area contributed by atoms with Crippen LogP contribution in [-0.4, -0.2) is 43.4 Å². The predicted octanol–water partition coefficient (Wildman–Crippen LogP) is 3.43. The van der Waals surface area contributed by atoms with Crippen LogP contribution in [0.1, 0.15) is 47.1 Å². The molecule has 1 amide bonds. The zero-order valence-electron chi connectivity index (χ0n) is 16.1. The van der Waals surface area contributed by atoms with Crippen LogP contribution in [0.25, 0.3) is 0 Å². The molecule has 3 aromatic rings. The van der Waals surface area contributed by atoms with E-state index in [1.54, 1.807) is 11.3 Å². The summed E-state index contributed by atoms with van der Waals surface area (Å²) in [5, 5.41) is 0. The summed E-state index contributed by atoms with van der Waals surface area (Å²) in [7, 11) is 0. The summed E-state index contributed by atoms with van der Waals surface area (Å²) in [5.41, 5.74) is 4.11. The van der Waals surface area contributed by atoms with Gasteiger partial charge in [-0.3, -0.25) is 9.78 Å². The Kier molecular flexibility index (Phi) is 5.81. The minimum absolute atomic E-state index is 0.240. The molecule has 0 aliphatic carbocycles. The van der Waals surface area contributed by atoms with Crippen LogP contribution >= 0.6 is 11.3 Å². The average molecular weight is 396 g/mol. The molecule has 0 saturated carbocycles. The third-order valence-corrected chi connectivity index (χ3v) is 6.39. The Morgan fingerprint density at radius 2 is 2.11 bits per heavy atom. The predicted molar refractivity (Wildman–Crippen MR) is 109 cm³/mol. The van der Waals surface area contributed by atoms with Gasteiger partial charge in [0.25, 0.3) is 0 Å². The normalized spacial score (nSPS) is 17.0. The molecule has 7 heteroatoms. The van der Waals surface area contributed by atoms with Crippen molar-refractivity contribution in [2.24, 2.45) is 0 Å². The fraction of sp³-hybridized carbons (Fsp3) is 0.429. The zero-order valence-corrected chi connectivity index (χ0v) is 16.9. The van der Waals surface area contributed by atoms with Gasteiger partial charge in [0.1, 0.15) is 5.82 Å². The molecule has 28 heavy (non-hydrogen) atoms. The first-order valence-electron chi connectivity index (χ1n) is 9.77. The number of pyridine rings is 1. The summed E-state index contributed by atoms with van der Waals surface area (Å²) in [6.07, 6.45) is 11.0. The maximum Gasteiger partial charge on any atom is 0.222 e. The van der Waals surface area contributed by atoms with Crippen molar-refractivity contribution in [2.75, 3.05) is 13.1 Å². The van der Waals surface area contributed by atoms with E-state index in [9.17, 15) is 4.79 Å². The van der Waals surface area contributed by atoms with Crippen LogP contribution < -0.4 is 0 Å². The molecule has 1 atom stereocenters. The maximum absolute atomic E-state index is 12.8. The number of likely N-dealkylation sites (tertiary alicyclic amines) is 1. The molecular formula is C21H25N5OS. The number of nitrogens with zero attached hydrogens (tertiary/aromatic N) is 5. The number of aryl methyl sites for hydroxylation is 2. The number of carbonyl (C=O) groups excluding carboxylic acids is 1. The first-order chi connectivity index (χ1) is 13.7. The molecule has 1 saturated heterocycles. The van der Waals surface area contributed by atoms with Crippen molar-refractivity contribution in [1.29, 1.82) is 0 Å². The van der Waals surface area contributed by atoms with Crippen molar-refractivity contribution < 1.29 is 4.79 Å². The molecule has 1 fully saturated rings. The second-order valence-electron chi connectivity index (χ2n) is 7.31. The number of rotatable bonds is 6. The average Bonchev–Trinajstić information content (AvgIpc) is 3.36. The Bertz CT molecular complexity index is 920. The van der Waals surface area contributed by atoms with E-state index < -0.39 is 0 Å². The van der Waals surface area contributed by atoms with E-state index in [1.807, 2.05) is 54.3 Å². The summed E-state index contributed by atoms with van der Waals surface area (Å²) in [4.78, 5) is 29.0. The molecule has 0 N–H and O–H groups in total. The van der Waals surface area contributed by atoms with Crippen molar-refractivity contribution in [3.05, 3.63) is 64.4 Å². The summed E-state index contributed by atoms with van der Waals surface area (Å²) in [6, 6.07) is 4.06. The fourth-order valence-corrected chi connectivity index (χ4v) is 4.64. The van der Waals surface area contributed by atoms with Crippen LogP contribution in [0, 0.1) is 6.92 Å². The monoisotopic (exact) mass is 395 g/mol. The molecule has 6 nitrogen and oxygen atoms in total. The van der Waals surface area contributed by atoms with Gasteiger partial charge >= 0.3 is 0 Å². The number of imidazole rings is 1. The lowest BCUT2D eigenvalue weighted by atomic mass is 9.96. The Morgan fingerprint density at radius 1 is 1.25 bits per heavy atom. The Morgan fingerprint density at radius 3 is 2.89 bits per heavy atom. The summed E-state index contributed by atoms with van der Waals surface area (Å²) < 4.78 is 2.20. The highest BCUT2D eigenvalue weighted by Crippen LogP contribution is 2.27. The van der Waals surface area contributed by atoms with Gasteiger partial charge in [-0.25, -0.2) is 9.97 Å². The number of hydrogen-bond acceptors (Lipinski definition) is 5. The first-order valence-corrected chi connectivity index (χ1v) is 10.7. The van der Waals surface area contributed by atoms with Gasteiger partial charge in [0.15, 0.2) is 0 Å².